The lowest BCUT2D eigenvalue weighted by Gasteiger charge is -2.25. The van der Waals surface area contributed by atoms with Gasteiger partial charge in [-0.1, -0.05) is 11.6 Å². The van der Waals surface area contributed by atoms with Crippen LogP contribution in [0.2, 0.25) is 5.02 Å². The van der Waals surface area contributed by atoms with Crippen LogP contribution < -0.4 is 4.67 Å². The number of aromatic nitrogens is 2. The second kappa shape index (κ2) is 8.09. The summed E-state index contributed by atoms with van der Waals surface area (Å²) in [7, 11) is 0. The molecule has 0 atom stereocenters. The van der Waals surface area contributed by atoms with Crippen molar-refractivity contribution in [2.75, 3.05) is 26.3 Å². The Hall–Kier alpha value is -2.75. The van der Waals surface area contributed by atoms with Crippen molar-refractivity contribution in [3.05, 3.63) is 63.8 Å². The molecule has 144 valence electrons. The van der Waals surface area contributed by atoms with Crippen LogP contribution in [-0.2, 0) is 4.74 Å². The van der Waals surface area contributed by atoms with Crippen molar-refractivity contribution in [1.82, 2.24) is 14.1 Å². The Morgan fingerprint density at radius 2 is 1.89 bits per heavy atom. The lowest BCUT2D eigenvalue weighted by Crippen LogP contribution is -2.42. The van der Waals surface area contributed by atoms with Crippen LogP contribution in [0, 0.1) is 0 Å². The van der Waals surface area contributed by atoms with Crippen molar-refractivity contribution in [3.63, 3.8) is 0 Å². The van der Waals surface area contributed by atoms with Gasteiger partial charge in [-0.25, -0.2) is 0 Å². The van der Waals surface area contributed by atoms with Crippen LogP contribution in [0.5, 0.6) is 0 Å². The molecular formula is C18H15ClN4O4S. The summed E-state index contributed by atoms with van der Waals surface area (Å²) < 4.78 is 12.1. The Kier molecular flexibility index (Phi) is 5.38. The van der Waals surface area contributed by atoms with E-state index < -0.39 is 5.91 Å². The van der Waals surface area contributed by atoms with E-state index in [4.69, 9.17) is 20.8 Å². The van der Waals surface area contributed by atoms with E-state index in [0.29, 0.717) is 37.0 Å². The number of amides is 2. The van der Waals surface area contributed by atoms with Crippen LogP contribution in [0.1, 0.15) is 21.0 Å². The van der Waals surface area contributed by atoms with Crippen LogP contribution in [0.15, 0.2) is 52.1 Å². The van der Waals surface area contributed by atoms with Crippen LogP contribution in [-0.4, -0.2) is 52.2 Å². The highest BCUT2D eigenvalue weighted by atomic mass is 35.5. The molecule has 1 fully saturated rings. The molecular weight excluding hydrogens is 404 g/mol. The number of carbonyl (C=O) groups is 2. The summed E-state index contributed by atoms with van der Waals surface area (Å²) in [6, 6.07) is 10.1. The summed E-state index contributed by atoms with van der Waals surface area (Å²) in [5.41, 5.74) is 0.819. The van der Waals surface area contributed by atoms with Crippen LogP contribution in [0.3, 0.4) is 0 Å². The smallest absolute Gasteiger partial charge is 0.314 e. The third kappa shape index (κ3) is 3.91. The molecule has 0 unspecified atom stereocenters. The molecule has 0 spiro atoms. The number of benzene rings is 1. The van der Waals surface area contributed by atoms with Crippen molar-refractivity contribution >= 4 is 34.9 Å². The van der Waals surface area contributed by atoms with Gasteiger partial charge in [-0.15, -0.1) is 5.10 Å². The van der Waals surface area contributed by atoms with Gasteiger partial charge in [0.2, 0.25) is 0 Å². The highest BCUT2D eigenvalue weighted by Gasteiger charge is 2.24. The third-order valence-corrected chi connectivity index (χ3v) is 5.22. The fourth-order valence-electron chi connectivity index (χ4n) is 2.63. The number of rotatable bonds is 3. The van der Waals surface area contributed by atoms with Gasteiger partial charge in [0.1, 0.15) is 0 Å². The molecule has 3 aromatic rings. The Morgan fingerprint density at radius 1 is 1.14 bits per heavy atom. The summed E-state index contributed by atoms with van der Waals surface area (Å²) in [6.45, 7) is 1.85. The number of halogens is 1. The second-order valence-corrected chi connectivity index (χ2v) is 7.24. The molecule has 3 heterocycles. The SMILES string of the molecule is O=C(N=c1sn(-c2ccc(Cl)cc2)nc1C(=O)N1CCOCC1)c1ccco1. The van der Waals surface area contributed by atoms with Gasteiger partial charge < -0.3 is 14.1 Å². The van der Waals surface area contributed by atoms with E-state index in [9.17, 15) is 9.59 Å². The minimum absolute atomic E-state index is 0.0937. The van der Waals surface area contributed by atoms with Crippen molar-refractivity contribution in [1.29, 1.82) is 0 Å². The zero-order chi connectivity index (χ0) is 19.5. The molecule has 0 bridgehead atoms. The Bertz CT molecular complexity index is 1050. The highest BCUT2D eigenvalue weighted by Crippen LogP contribution is 2.15. The maximum atomic E-state index is 13.0. The number of carbonyl (C=O) groups excluding carboxylic acids is 2. The fourth-order valence-corrected chi connectivity index (χ4v) is 3.61. The predicted octanol–water partition coefficient (Wildman–Crippen LogP) is 2.39. The number of morpholine rings is 1. The van der Waals surface area contributed by atoms with Crippen molar-refractivity contribution < 1.29 is 18.7 Å². The summed E-state index contributed by atoms with van der Waals surface area (Å²) in [4.78, 5) is 31.1. The average Bonchev–Trinajstić information content (AvgIpc) is 3.39. The van der Waals surface area contributed by atoms with Gasteiger partial charge in [0.15, 0.2) is 16.1 Å². The quantitative estimate of drug-likeness (QED) is 0.651. The monoisotopic (exact) mass is 418 g/mol. The standard InChI is InChI=1S/C18H15ClN4O4S/c19-12-3-5-13(6-4-12)23-21-15(18(25)22-7-10-26-11-8-22)17(28-23)20-16(24)14-2-1-9-27-14/h1-6,9H,7-8,10-11H2. The molecule has 0 N–H and O–H groups in total. The van der Waals surface area contributed by atoms with Gasteiger partial charge in [0, 0.05) is 18.1 Å². The van der Waals surface area contributed by atoms with E-state index in [1.165, 1.54) is 16.4 Å². The van der Waals surface area contributed by atoms with Crippen molar-refractivity contribution in [2.45, 2.75) is 0 Å². The highest BCUT2D eigenvalue weighted by molar-refractivity contribution is 7.04. The van der Waals surface area contributed by atoms with Crippen molar-refractivity contribution in [3.8, 4) is 5.69 Å². The van der Waals surface area contributed by atoms with E-state index in [1.54, 1.807) is 35.2 Å². The first-order valence-corrected chi connectivity index (χ1v) is 9.63. The summed E-state index contributed by atoms with van der Waals surface area (Å²) in [6.07, 6.45) is 1.39. The predicted molar refractivity (Wildman–Crippen MR) is 102 cm³/mol. The van der Waals surface area contributed by atoms with E-state index in [1.807, 2.05) is 0 Å². The van der Waals surface area contributed by atoms with E-state index in [2.05, 4.69) is 10.1 Å². The van der Waals surface area contributed by atoms with Gasteiger partial charge in [0.25, 0.3) is 5.91 Å². The first-order chi connectivity index (χ1) is 13.6. The minimum atomic E-state index is -0.576. The number of furan rings is 1. The van der Waals surface area contributed by atoms with Gasteiger partial charge in [0.05, 0.1) is 25.2 Å². The largest absolute Gasteiger partial charge is 0.459 e. The number of ether oxygens (including phenoxy) is 1. The van der Waals surface area contributed by atoms with Gasteiger partial charge in [-0.2, -0.15) is 9.06 Å². The Labute approximate surface area is 168 Å². The Balaban J connectivity index is 1.76. The number of hydrogen-bond acceptors (Lipinski definition) is 6. The van der Waals surface area contributed by atoms with Crippen LogP contribution in [0.4, 0.5) is 0 Å². The van der Waals surface area contributed by atoms with Gasteiger partial charge in [-0.05, 0) is 47.9 Å². The molecule has 4 rings (SSSR count). The van der Waals surface area contributed by atoms with Crippen LogP contribution in [0.25, 0.3) is 5.69 Å². The van der Waals surface area contributed by atoms with E-state index in [-0.39, 0.29) is 22.0 Å². The Morgan fingerprint density at radius 3 is 2.57 bits per heavy atom. The topological polar surface area (TPSA) is 89.9 Å². The lowest BCUT2D eigenvalue weighted by atomic mass is 10.3. The third-order valence-electron chi connectivity index (χ3n) is 4.05. The molecule has 1 aliphatic rings. The van der Waals surface area contributed by atoms with Crippen LogP contribution >= 0.6 is 23.1 Å². The molecule has 1 aromatic carbocycles. The second-order valence-electron chi connectivity index (χ2n) is 5.89. The summed E-state index contributed by atoms with van der Waals surface area (Å²) >= 11 is 7.03. The minimum Gasteiger partial charge on any atom is -0.459 e. The molecule has 2 aromatic heterocycles. The maximum Gasteiger partial charge on any atom is 0.314 e. The zero-order valence-corrected chi connectivity index (χ0v) is 16.2. The molecule has 1 saturated heterocycles. The molecule has 0 aliphatic carbocycles. The van der Waals surface area contributed by atoms with Gasteiger partial charge >= 0.3 is 5.91 Å². The fraction of sp³-hybridized carbons (Fsp3) is 0.222. The van der Waals surface area contributed by atoms with Gasteiger partial charge in [-0.3, -0.25) is 9.59 Å². The molecule has 1 aliphatic heterocycles. The summed E-state index contributed by atoms with van der Waals surface area (Å²) in [5, 5.41) is 4.99. The molecule has 8 nitrogen and oxygen atoms in total. The van der Waals surface area contributed by atoms with E-state index in [0.717, 1.165) is 11.5 Å². The molecule has 10 heteroatoms. The molecule has 2 amide bonds. The van der Waals surface area contributed by atoms with Crippen molar-refractivity contribution in [2.24, 2.45) is 4.99 Å². The number of hydrogen-bond donors (Lipinski definition) is 0. The molecule has 0 radical (unpaired) electrons. The number of nitrogens with zero attached hydrogens (tertiary/aromatic N) is 4. The lowest BCUT2D eigenvalue weighted by molar-refractivity contribution is 0.0297. The summed E-state index contributed by atoms with van der Waals surface area (Å²) in [5.74, 6) is -0.776. The maximum absolute atomic E-state index is 13.0. The molecule has 0 saturated carbocycles. The first kappa shape index (κ1) is 18.6. The zero-order valence-electron chi connectivity index (χ0n) is 14.6. The normalized spacial score (nSPS) is 15.0. The first-order valence-electron chi connectivity index (χ1n) is 8.48. The molecule has 28 heavy (non-hydrogen) atoms. The van der Waals surface area contributed by atoms with E-state index >= 15 is 0 Å². The average molecular weight is 419 g/mol.